The first-order chi connectivity index (χ1) is 37.7. The highest BCUT2D eigenvalue weighted by atomic mass is 15.1. The average molecular weight is 963 g/mol. The SMILES string of the molecule is c1ccc(-n2c3ccccc3c3ccc(-c4ccc(N(c5ccc6c(c5)-c5ccccc5C65c6ccccc6-c6ccccc65)c5ccc6c(c5)-c5ccccc5C65c6ccccc6-c6ccccc65)cc4)cc32)cc1. The zero-order valence-corrected chi connectivity index (χ0v) is 41.5. The lowest BCUT2D eigenvalue weighted by Crippen LogP contribution is -2.26. The number of rotatable bonds is 5. The summed E-state index contributed by atoms with van der Waals surface area (Å²) < 4.78 is 2.40. The summed E-state index contributed by atoms with van der Waals surface area (Å²) in [4.78, 5) is 2.50. The number of hydrogen-bond acceptors (Lipinski definition) is 1. The molecular weight excluding hydrogens is 917 g/mol. The molecule has 0 N–H and O–H groups in total. The predicted octanol–water partition coefficient (Wildman–Crippen LogP) is 18.6. The lowest BCUT2D eigenvalue weighted by Gasteiger charge is -2.32. The summed E-state index contributed by atoms with van der Waals surface area (Å²) in [6.45, 7) is 0. The summed E-state index contributed by atoms with van der Waals surface area (Å²) in [5.74, 6) is 0. The smallest absolute Gasteiger partial charge is 0.0725 e. The Hall–Kier alpha value is -9.76. The topological polar surface area (TPSA) is 8.17 Å². The maximum atomic E-state index is 2.50. The fourth-order valence-corrected chi connectivity index (χ4v) is 14.7. The van der Waals surface area contributed by atoms with Crippen LogP contribution in [0.2, 0.25) is 0 Å². The molecule has 0 saturated heterocycles. The van der Waals surface area contributed by atoms with Crippen molar-refractivity contribution in [2.75, 3.05) is 4.90 Å². The normalized spacial score (nSPS) is 14.0. The number of nitrogens with zero attached hydrogens (tertiary/aromatic N) is 2. The molecule has 0 atom stereocenters. The molecule has 0 radical (unpaired) electrons. The first-order valence-electron chi connectivity index (χ1n) is 26.6. The van der Waals surface area contributed by atoms with Gasteiger partial charge in [0.15, 0.2) is 0 Å². The maximum Gasteiger partial charge on any atom is 0.0725 e. The van der Waals surface area contributed by atoms with E-state index in [9.17, 15) is 0 Å². The molecule has 352 valence electrons. The largest absolute Gasteiger partial charge is 0.310 e. The van der Waals surface area contributed by atoms with Crippen LogP contribution in [0.4, 0.5) is 17.1 Å². The molecule has 4 aliphatic rings. The van der Waals surface area contributed by atoms with Crippen molar-refractivity contribution >= 4 is 38.9 Å². The highest BCUT2D eigenvalue weighted by Gasteiger charge is 2.53. The molecule has 13 aromatic rings. The molecular formula is C74H46N2. The summed E-state index contributed by atoms with van der Waals surface area (Å²) >= 11 is 0. The predicted molar refractivity (Wildman–Crippen MR) is 313 cm³/mol. The summed E-state index contributed by atoms with van der Waals surface area (Å²) in [6.07, 6.45) is 0. The van der Waals surface area contributed by atoms with E-state index in [0.29, 0.717) is 0 Å². The van der Waals surface area contributed by atoms with Crippen molar-refractivity contribution in [2.45, 2.75) is 10.8 Å². The lowest BCUT2D eigenvalue weighted by atomic mass is 9.70. The molecule has 0 unspecified atom stereocenters. The van der Waals surface area contributed by atoms with Gasteiger partial charge in [-0.25, -0.2) is 0 Å². The van der Waals surface area contributed by atoms with Gasteiger partial charge in [0.2, 0.25) is 0 Å². The van der Waals surface area contributed by atoms with E-state index in [1.165, 1.54) is 122 Å². The van der Waals surface area contributed by atoms with Crippen LogP contribution in [0, 0.1) is 0 Å². The van der Waals surface area contributed by atoms with Gasteiger partial charge in [-0.15, -0.1) is 0 Å². The zero-order valence-electron chi connectivity index (χ0n) is 41.5. The minimum absolute atomic E-state index is 0.420. The molecule has 1 aromatic heterocycles. The second-order valence-electron chi connectivity index (χ2n) is 21.0. The molecule has 0 fully saturated rings. The van der Waals surface area contributed by atoms with Gasteiger partial charge in [-0.3, -0.25) is 0 Å². The highest BCUT2D eigenvalue weighted by molar-refractivity contribution is 6.10. The lowest BCUT2D eigenvalue weighted by molar-refractivity contribution is 0.793. The van der Waals surface area contributed by atoms with Gasteiger partial charge < -0.3 is 9.47 Å². The molecule has 76 heavy (non-hydrogen) atoms. The van der Waals surface area contributed by atoms with Gasteiger partial charge in [-0.05, 0) is 161 Å². The summed E-state index contributed by atoms with van der Waals surface area (Å²) in [6, 6.07) is 105. The fourth-order valence-electron chi connectivity index (χ4n) is 14.7. The van der Waals surface area contributed by atoms with E-state index in [1.54, 1.807) is 0 Å². The van der Waals surface area contributed by atoms with E-state index in [1.807, 2.05) is 0 Å². The van der Waals surface area contributed by atoms with E-state index in [-0.39, 0.29) is 0 Å². The first-order valence-corrected chi connectivity index (χ1v) is 26.6. The number of hydrogen-bond donors (Lipinski definition) is 0. The van der Waals surface area contributed by atoms with Crippen LogP contribution in [0.1, 0.15) is 44.5 Å². The van der Waals surface area contributed by atoms with Crippen molar-refractivity contribution in [2.24, 2.45) is 0 Å². The molecule has 0 aliphatic heterocycles. The van der Waals surface area contributed by atoms with Gasteiger partial charge in [0, 0.05) is 33.5 Å². The highest BCUT2D eigenvalue weighted by Crippen LogP contribution is 2.65. The Morgan fingerprint density at radius 3 is 1.07 bits per heavy atom. The van der Waals surface area contributed by atoms with Crippen LogP contribution in [0.5, 0.6) is 0 Å². The average Bonchev–Trinajstić information content (AvgIpc) is 4.25. The third-order valence-electron chi connectivity index (χ3n) is 17.6. The van der Waals surface area contributed by atoms with Gasteiger partial charge >= 0.3 is 0 Å². The third-order valence-corrected chi connectivity index (χ3v) is 17.6. The Balaban J connectivity index is 0.869. The Morgan fingerprint density at radius 1 is 0.237 bits per heavy atom. The number of fused-ring (bicyclic) bond motifs is 23. The van der Waals surface area contributed by atoms with Crippen molar-refractivity contribution in [1.82, 2.24) is 4.57 Å². The second-order valence-corrected chi connectivity index (χ2v) is 21.0. The van der Waals surface area contributed by atoms with Gasteiger partial charge in [-0.2, -0.15) is 0 Å². The van der Waals surface area contributed by atoms with Crippen molar-refractivity contribution in [3.8, 4) is 61.3 Å². The van der Waals surface area contributed by atoms with Crippen LogP contribution in [0.15, 0.2) is 279 Å². The van der Waals surface area contributed by atoms with Crippen LogP contribution in [-0.2, 0) is 10.8 Å². The number of para-hydroxylation sites is 2. The second kappa shape index (κ2) is 15.4. The molecule has 17 rings (SSSR count). The molecule has 2 spiro atoms. The minimum atomic E-state index is -0.420. The molecule has 1 heterocycles. The van der Waals surface area contributed by atoms with Crippen LogP contribution >= 0.6 is 0 Å². The Kier molecular flexibility index (Phi) is 8.44. The monoisotopic (exact) mass is 962 g/mol. The van der Waals surface area contributed by atoms with Crippen molar-refractivity contribution in [3.05, 3.63) is 324 Å². The number of benzene rings is 12. The zero-order chi connectivity index (χ0) is 49.7. The minimum Gasteiger partial charge on any atom is -0.310 e. The van der Waals surface area contributed by atoms with Crippen LogP contribution in [0.3, 0.4) is 0 Å². The van der Waals surface area contributed by atoms with Crippen LogP contribution < -0.4 is 4.90 Å². The maximum absolute atomic E-state index is 2.50. The van der Waals surface area contributed by atoms with Gasteiger partial charge in [0.05, 0.1) is 21.9 Å². The fraction of sp³-hybridized carbons (Fsp3) is 0.0270. The number of aromatic nitrogens is 1. The van der Waals surface area contributed by atoms with E-state index in [0.717, 1.165) is 22.7 Å². The molecule has 2 heteroatoms. The Morgan fingerprint density at radius 2 is 0.592 bits per heavy atom. The molecule has 0 bridgehead atoms. The summed E-state index contributed by atoms with van der Waals surface area (Å²) in [5, 5.41) is 2.51. The Bertz CT molecular complexity index is 4310. The van der Waals surface area contributed by atoms with Crippen molar-refractivity contribution < 1.29 is 0 Å². The summed E-state index contributed by atoms with van der Waals surface area (Å²) in [7, 11) is 0. The van der Waals surface area contributed by atoms with E-state index >= 15 is 0 Å². The van der Waals surface area contributed by atoms with Gasteiger partial charge in [0.25, 0.3) is 0 Å². The van der Waals surface area contributed by atoms with Crippen LogP contribution in [-0.4, -0.2) is 4.57 Å². The number of anilines is 3. The quantitative estimate of drug-likeness (QED) is 0.167. The van der Waals surface area contributed by atoms with E-state index in [2.05, 4.69) is 289 Å². The van der Waals surface area contributed by atoms with E-state index in [4.69, 9.17) is 0 Å². The standard InChI is InChI=1S/C74H46N2/c1-2-18-49(19-3-1)76-71-33-17-10-26-59(71)60-41-36-48(44-72(60)76)47-34-37-50(38-35-47)75(51-39-42-69-61(45-51)57-24-8-15-31-67(57)73(69)63-27-11-4-20-53(63)54-21-5-12-28-64(54)73)52-40-43-70-62(46-52)58-25-9-16-32-68(58)74(70)65-29-13-6-22-55(65)56-23-7-14-30-66(56)74/h1-46H. The van der Waals surface area contributed by atoms with E-state index < -0.39 is 10.8 Å². The summed E-state index contributed by atoms with van der Waals surface area (Å²) in [5.41, 5.74) is 29.5. The molecule has 0 saturated carbocycles. The van der Waals surface area contributed by atoms with Gasteiger partial charge in [0.1, 0.15) is 0 Å². The third kappa shape index (κ3) is 5.30. The molecule has 2 nitrogen and oxygen atoms in total. The Labute approximate surface area is 441 Å². The van der Waals surface area contributed by atoms with Crippen molar-refractivity contribution in [1.29, 1.82) is 0 Å². The molecule has 4 aliphatic carbocycles. The molecule has 12 aromatic carbocycles. The van der Waals surface area contributed by atoms with Crippen molar-refractivity contribution in [3.63, 3.8) is 0 Å². The first kappa shape index (κ1) is 41.7. The van der Waals surface area contributed by atoms with Gasteiger partial charge in [-0.1, -0.05) is 218 Å². The van der Waals surface area contributed by atoms with Crippen LogP contribution in [0.25, 0.3) is 83.1 Å². The molecule has 0 amide bonds.